The number of likely N-dealkylation sites (N-methyl/N-ethyl adjacent to an activating group) is 1. The van der Waals surface area contributed by atoms with Crippen molar-refractivity contribution in [1.82, 2.24) is 10.2 Å². The highest BCUT2D eigenvalue weighted by Gasteiger charge is 2.73. The van der Waals surface area contributed by atoms with Crippen molar-refractivity contribution in [3.63, 3.8) is 0 Å². The maximum absolute atomic E-state index is 11.5. The van der Waals surface area contributed by atoms with Crippen molar-refractivity contribution >= 4 is 5.97 Å². The van der Waals surface area contributed by atoms with Crippen molar-refractivity contribution < 1.29 is 24.5 Å². The van der Waals surface area contributed by atoms with E-state index in [2.05, 4.69) is 17.3 Å². The first-order chi connectivity index (χ1) is 13.4. The number of nitrogens with one attached hydrogen (secondary N) is 1. The van der Waals surface area contributed by atoms with E-state index in [1.807, 2.05) is 6.07 Å². The Morgan fingerprint density at radius 2 is 2.21 bits per heavy atom. The number of ether oxygens (including phenoxy) is 2. The third kappa shape index (κ3) is 1.97. The first-order valence-electron chi connectivity index (χ1n) is 10.1. The number of methoxy groups -OCH3 is 1. The second-order valence-corrected chi connectivity index (χ2v) is 8.87. The van der Waals surface area contributed by atoms with E-state index in [0.717, 1.165) is 37.8 Å². The average Bonchev–Trinajstić information content (AvgIpc) is 3.03. The lowest BCUT2D eigenvalue weighted by molar-refractivity contribution is -0.204. The molecule has 1 saturated carbocycles. The summed E-state index contributed by atoms with van der Waals surface area (Å²) < 4.78 is 12.8. The van der Waals surface area contributed by atoms with Gasteiger partial charge in [-0.1, -0.05) is 6.07 Å². The number of phenols is 1. The fourth-order valence-corrected chi connectivity index (χ4v) is 6.70. The Balaban J connectivity index is 1.70. The van der Waals surface area contributed by atoms with E-state index in [-0.39, 0.29) is 29.4 Å². The van der Waals surface area contributed by atoms with Crippen LogP contribution in [0.4, 0.5) is 0 Å². The second kappa shape index (κ2) is 5.84. The van der Waals surface area contributed by atoms with E-state index in [4.69, 9.17) is 9.47 Å². The molecule has 2 heterocycles. The van der Waals surface area contributed by atoms with Gasteiger partial charge in [0.15, 0.2) is 11.5 Å². The van der Waals surface area contributed by atoms with E-state index >= 15 is 0 Å². The summed E-state index contributed by atoms with van der Waals surface area (Å²) in [4.78, 5) is 13.9. The minimum absolute atomic E-state index is 0.115. The number of hydrogen-bond donors (Lipinski definition) is 3. The number of piperidine rings is 1. The van der Waals surface area contributed by atoms with E-state index in [1.165, 1.54) is 5.56 Å². The summed E-state index contributed by atoms with van der Waals surface area (Å²) >= 11 is 0. The molecule has 3 N–H and O–H groups in total. The van der Waals surface area contributed by atoms with Gasteiger partial charge in [-0.2, -0.15) is 0 Å². The molecular weight excluding hydrogens is 360 g/mol. The van der Waals surface area contributed by atoms with Crippen molar-refractivity contribution in [2.75, 3.05) is 20.7 Å². The van der Waals surface area contributed by atoms with E-state index in [9.17, 15) is 15.0 Å². The van der Waals surface area contributed by atoms with E-state index in [1.54, 1.807) is 20.1 Å². The van der Waals surface area contributed by atoms with Gasteiger partial charge in [-0.05, 0) is 57.8 Å². The van der Waals surface area contributed by atoms with Gasteiger partial charge in [-0.3, -0.25) is 10.1 Å². The molecule has 0 aromatic heterocycles. The van der Waals surface area contributed by atoms with Crippen LogP contribution in [0.25, 0.3) is 0 Å². The zero-order chi connectivity index (χ0) is 19.8. The Hall–Kier alpha value is -1.83. The smallest absolute Gasteiger partial charge is 0.320 e. The molecule has 0 radical (unpaired) electrons. The molecular formula is C21H28N2O5. The molecule has 5 rings (SSSR count). The highest BCUT2D eigenvalue weighted by Crippen LogP contribution is 2.66. The molecule has 2 aliphatic heterocycles. The summed E-state index contributed by atoms with van der Waals surface area (Å²) in [6.45, 7) is 2.59. The molecule has 6 atom stereocenters. The van der Waals surface area contributed by atoms with Gasteiger partial charge in [0.1, 0.15) is 12.1 Å². The number of likely N-dealkylation sites (tertiary alicyclic amines) is 1. The van der Waals surface area contributed by atoms with Gasteiger partial charge in [0.05, 0.1) is 11.0 Å². The van der Waals surface area contributed by atoms with Gasteiger partial charge in [0.25, 0.3) is 0 Å². The minimum Gasteiger partial charge on any atom is -0.504 e. The third-order valence-corrected chi connectivity index (χ3v) is 7.89. The van der Waals surface area contributed by atoms with Crippen molar-refractivity contribution in [2.45, 2.75) is 67.9 Å². The Labute approximate surface area is 164 Å². The van der Waals surface area contributed by atoms with Crippen LogP contribution in [-0.2, 0) is 21.4 Å². The zero-order valence-corrected chi connectivity index (χ0v) is 16.6. The quantitative estimate of drug-likeness (QED) is 0.715. The van der Waals surface area contributed by atoms with Crippen LogP contribution < -0.4 is 10.1 Å². The van der Waals surface area contributed by atoms with Gasteiger partial charge in [0, 0.05) is 24.8 Å². The standard InChI is InChI=1S/C21H28N2O5/c1-11(19(25)26)22-13-6-7-21(27-3)15-10-12-4-5-14(24)17-16(12)20(21,18(13)28-17)8-9-23(15)2/h4-5,11,13,15,18,22,24H,6-10H2,1-3H3,(H,25,26)/t11-,13-,15-,18+,20+,21-/m1/s1. The number of carboxylic acid groups (broad SMARTS) is 1. The molecule has 152 valence electrons. The summed E-state index contributed by atoms with van der Waals surface area (Å²) in [7, 11) is 3.96. The molecule has 28 heavy (non-hydrogen) atoms. The van der Waals surface area contributed by atoms with Crippen molar-refractivity contribution in [3.05, 3.63) is 23.3 Å². The molecule has 1 saturated heterocycles. The lowest BCUT2D eigenvalue weighted by atomic mass is 9.48. The molecule has 0 amide bonds. The van der Waals surface area contributed by atoms with Gasteiger partial charge in [-0.25, -0.2) is 0 Å². The fourth-order valence-electron chi connectivity index (χ4n) is 6.70. The van der Waals surface area contributed by atoms with Crippen LogP contribution >= 0.6 is 0 Å². The molecule has 0 unspecified atom stereocenters. The molecule has 7 nitrogen and oxygen atoms in total. The monoisotopic (exact) mass is 388 g/mol. The number of carboxylic acids is 1. The van der Waals surface area contributed by atoms with E-state index < -0.39 is 17.6 Å². The zero-order valence-electron chi connectivity index (χ0n) is 16.6. The molecule has 1 spiro atoms. The van der Waals surface area contributed by atoms with Crippen molar-refractivity contribution in [2.24, 2.45) is 0 Å². The van der Waals surface area contributed by atoms with Crippen LogP contribution in [-0.4, -0.2) is 71.6 Å². The lowest BCUT2D eigenvalue weighted by Crippen LogP contribution is -2.78. The number of benzene rings is 1. The predicted octanol–water partition coefficient (Wildman–Crippen LogP) is 1.26. The van der Waals surface area contributed by atoms with Crippen LogP contribution in [0.5, 0.6) is 11.5 Å². The Morgan fingerprint density at radius 1 is 1.43 bits per heavy atom. The molecule has 1 aromatic rings. The lowest BCUT2D eigenvalue weighted by Gasteiger charge is -2.65. The molecule has 2 fully saturated rings. The Kier molecular flexibility index (Phi) is 3.80. The first-order valence-corrected chi connectivity index (χ1v) is 10.1. The largest absolute Gasteiger partial charge is 0.504 e. The van der Waals surface area contributed by atoms with Crippen LogP contribution in [0.3, 0.4) is 0 Å². The molecule has 4 aliphatic rings. The van der Waals surface area contributed by atoms with Crippen molar-refractivity contribution in [3.8, 4) is 11.5 Å². The normalized spacial score (nSPS) is 39.2. The topological polar surface area (TPSA) is 91.3 Å². The first kappa shape index (κ1) is 18.2. The fraction of sp³-hybridized carbons (Fsp3) is 0.667. The van der Waals surface area contributed by atoms with Gasteiger partial charge in [0.2, 0.25) is 0 Å². The maximum Gasteiger partial charge on any atom is 0.320 e. The summed E-state index contributed by atoms with van der Waals surface area (Å²) in [6, 6.07) is 3.20. The number of hydrogen-bond acceptors (Lipinski definition) is 6. The van der Waals surface area contributed by atoms with Crippen LogP contribution in [0.15, 0.2) is 12.1 Å². The van der Waals surface area contributed by atoms with Gasteiger partial charge in [-0.15, -0.1) is 0 Å². The predicted molar refractivity (Wildman–Crippen MR) is 102 cm³/mol. The Morgan fingerprint density at radius 3 is 2.93 bits per heavy atom. The number of carbonyl (C=O) groups is 1. The van der Waals surface area contributed by atoms with Gasteiger partial charge >= 0.3 is 5.97 Å². The molecule has 2 aliphatic carbocycles. The van der Waals surface area contributed by atoms with Crippen LogP contribution in [0, 0.1) is 0 Å². The average molecular weight is 388 g/mol. The Bertz CT molecular complexity index is 844. The molecule has 2 bridgehead atoms. The number of nitrogens with zero attached hydrogens (tertiary/aromatic N) is 1. The number of aliphatic carboxylic acids is 1. The van der Waals surface area contributed by atoms with Gasteiger partial charge < -0.3 is 24.6 Å². The summed E-state index contributed by atoms with van der Waals surface area (Å²) in [6.07, 6.45) is 3.07. The highest BCUT2D eigenvalue weighted by molar-refractivity contribution is 5.73. The SMILES string of the molecule is CO[C@@]12CC[C@@H](N[C@H](C)C(=O)O)[C@@H]3Oc4c(O)ccc5c4[C@@]31CCN(C)[C@@H]2C5. The van der Waals surface area contributed by atoms with Crippen LogP contribution in [0.1, 0.15) is 37.3 Å². The molecule has 7 heteroatoms. The number of rotatable bonds is 4. The summed E-state index contributed by atoms with van der Waals surface area (Å²) in [5, 5.41) is 23.3. The highest BCUT2D eigenvalue weighted by atomic mass is 16.5. The number of aromatic hydroxyl groups is 1. The van der Waals surface area contributed by atoms with Crippen molar-refractivity contribution in [1.29, 1.82) is 0 Å². The second-order valence-electron chi connectivity index (χ2n) is 8.87. The van der Waals surface area contributed by atoms with E-state index in [0.29, 0.717) is 5.75 Å². The summed E-state index contributed by atoms with van der Waals surface area (Å²) in [5.41, 5.74) is 1.53. The third-order valence-electron chi connectivity index (χ3n) is 7.89. The summed E-state index contributed by atoms with van der Waals surface area (Å²) in [5.74, 6) is -0.136. The molecule has 1 aromatic carbocycles. The number of phenolic OH excluding ortho intramolecular Hbond substituents is 1. The van der Waals surface area contributed by atoms with Crippen LogP contribution in [0.2, 0.25) is 0 Å². The maximum atomic E-state index is 11.5. The minimum atomic E-state index is -0.870.